The number of sulfone groups is 1. The molecule has 0 N–H and O–H groups in total. The summed E-state index contributed by atoms with van der Waals surface area (Å²) in [6.07, 6.45) is 1.86. The van der Waals surface area contributed by atoms with Crippen molar-refractivity contribution in [2.75, 3.05) is 20.0 Å². The molecule has 0 fully saturated rings. The summed E-state index contributed by atoms with van der Waals surface area (Å²) in [5.74, 6) is 1.61. The topological polar surface area (TPSA) is 109 Å². The molecule has 0 amide bonds. The molecule has 1 aromatic carbocycles. The largest absolute Gasteiger partial charge is 0.494 e. The number of para-hydroxylation sites is 1. The van der Waals surface area contributed by atoms with Crippen LogP contribution in [0.25, 0.3) is 17.3 Å². The van der Waals surface area contributed by atoms with Gasteiger partial charge in [0, 0.05) is 17.5 Å². The van der Waals surface area contributed by atoms with E-state index in [0.29, 0.717) is 35.2 Å². The van der Waals surface area contributed by atoms with Crippen LogP contribution >= 0.6 is 11.3 Å². The fourth-order valence-electron chi connectivity index (χ4n) is 3.29. The van der Waals surface area contributed by atoms with Crippen LogP contribution in [-0.4, -0.2) is 48.1 Å². The van der Waals surface area contributed by atoms with Crippen molar-refractivity contribution >= 4 is 21.2 Å². The van der Waals surface area contributed by atoms with Crippen LogP contribution in [0.5, 0.6) is 11.5 Å². The van der Waals surface area contributed by atoms with Crippen molar-refractivity contribution in [3.63, 3.8) is 0 Å². The lowest BCUT2D eigenvalue weighted by atomic mass is 10.2. The Balaban J connectivity index is 1.76. The Kier molecular flexibility index (Phi) is 6.28. The van der Waals surface area contributed by atoms with Crippen LogP contribution in [0.3, 0.4) is 0 Å². The van der Waals surface area contributed by atoms with E-state index in [9.17, 15) is 8.42 Å². The Morgan fingerprint density at radius 3 is 2.44 bits per heavy atom. The molecule has 0 bridgehead atoms. The molecule has 0 aliphatic rings. The molecule has 32 heavy (non-hydrogen) atoms. The maximum Gasteiger partial charge on any atom is 0.204 e. The van der Waals surface area contributed by atoms with Crippen molar-refractivity contribution in [1.29, 1.82) is 0 Å². The van der Waals surface area contributed by atoms with E-state index < -0.39 is 9.84 Å². The second-order valence-corrected chi connectivity index (χ2v) is 10.1. The highest BCUT2D eigenvalue weighted by Gasteiger charge is 2.26. The molecule has 0 saturated heterocycles. The lowest BCUT2D eigenvalue weighted by Crippen LogP contribution is -2.16. The highest BCUT2D eigenvalue weighted by molar-refractivity contribution is 7.90. The molecular weight excluding hydrogens is 452 g/mol. The van der Waals surface area contributed by atoms with E-state index in [-0.39, 0.29) is 17.3 Å². The smallest absolute Gasteiger partial charge is 0.204 e. The first-order valence-corrected chi connectivity index (χ1v) is 12.4. The van der Waals surface area contributed by atoms with Gasteiger partial charge in [0.05, 0.1) is 31.2 Å². The number of nitrogens with zero attached hydrogens (tertiary/aromatic N) is 4. The molecule has 3 aromatic heterocycles. The van der Waals surface area contributed by atoms with Crippen LogP contribution in [0, 0.1) is 6.92 Å². The summed E-state index contributed by atoms with van der Waals surface area (Å²) in [7, 11) is -0.459. The van der Waals surface area contributed by atoms with Crippen LogP contribution in [0.1, 0.15) is 16.5 Å². The third-order valence-electron chi connectivity index (χ3n) is 4.74. The number of furan rings is 1. The Morgan fingerprint density at radius 1 is 1.09 bits per heavy atom. The third-order valence-corrected chi connectivity index (χ3v) is 7.29. The molecule has 4 aromatic rings. The molecule has 9 nitrogen and oxygen atoms in total. The molecule has 0 aliphatic carbocycles. The minimum atomic E-state index is -3.52. The number of aryl methyl sites for hydroxylation is 2. The van der Waals surface area contributed by atoms with E-state index in [1.165, 1.54) is 31.8 Å². The molecule has 0 spiro atoms. The zero-order valence-electron chi connectivity index (χ0n) is 17.8. The van der Waals surface area contributed by atoms with Crippen LogP contribution in [0.4, 0.5) is 0 Å². The Bertz CT molecular complexity index is 1290. The molecule has 168 valence electrons. The predicted octanol–water partition coefficient (Wildman–Crippen LogP) is 3.47. The summed E-state index contributed by atoms with van der Waals surface area (Å²) in [4.78, 5) is 4.34. The van der Waals surface area contributed by atoms with Gasteiger partial charge >= 0.3 is 0 Å². The Labute approximate surface area is 189 Å². The van der Waals surface area contributed by atoms with E-state index in [0.717, 1.165) is 10.7 Å². The summed E-state index contributed by atoms with van der Waals surface area (Å²) in [5.41, 5.74) is 1.38. The molecule has 0 radical (unpaired) electrons. The summed E-state index contributed by atoms with van der Waals surface area (Å²) in [5, 5.41) is 11.1. The molecule has 0 aliphatic heterocycles. The third kappa shape index (κ3) is 4.53. The molecule has 11 heteroatoms. The monoisotopic (exact) mass is 474 g/mol. The van der Waals surface area contributed by atoms with Gasteiger partial charge in [-0.3, -0.25) is 4.57 Å². The molecule has 0 atom stereocenters. The number of ether oxygens (including phenoxy) is 2. The molecule has 3 heterocycles. The Hall–Kier alpha value is -3.18. The van der Waals surface area contributed by atoms with Gasteiger partial charge in [0.2, 0.25) is 5.82 Å². The summed E-state index contributed by atoms with van der Waals surface area (Å²) >= 11 is 1.45. The molecule has 0 unspecified atom stereocenters. The first-order valence-electron chi connectivity index (χ1n) is 9.73. The number of rotatable bonds is 9. The second-order valence-electron chi connectivity index (χ2n) is 6.99. The fraction of sp³-hybridized carbons (Fsp3) is 0.286. The standard InChI is InChI=1S/C21H22N4O5S2/c1-14-12-31-19(22-14)9-11-32(26,27)13-18-23-24-21(17-8-5-10-30-17)25(18)20-15(28-2)6-4-7-16(20)29-3/h4-8,10,12H,9,11,13H2,1-3H3. The van der Waals surface area contributed by atoms with Gasteiger partial charge in [-0.2, -0.15) is 0 Å². The minimum absolute atomic E-state index is 0.0496. The van der Waals surface area contributed by atoms with Crippen molar-refractivity contribution in [1.82, 2.24) is 19.7 Å². The first kappa shape index (κ1) is 22.0. The average molecular weight is 475 g/mol. The van der Waals surface area contributed by atoms with Crippen LogP contribution in [0.2, 0.25) is 0 Å². The SMILES string of the molecule is COc1cccc(OC)c1-n1c(CS(=O)(=O)CCc2nc(C)cs2)nnc1-c1ccco1. The van der Waals surface area contributed by atoms with Gasteiger partial charge in [-0.25, -0.2) is 13.4 Å². The summed E-state index contributed by atoms with van der Waals surface area (Å²) in [6.45, 7) is 1.88. The van der Waals surface area contributed by atoms with Gasteiger partial charge in [0.15, 0.2) is 21.4 Å². The normalized spacial score (nSPS) is 11.6. The summed E-state index contributed by atoms with van der Waals surface area (Å²) in [6, 6.07) is 8.75. The number of benzene rings is 1. The lowest BCUT2D eigenvalue weighted by molar-refractivity contribution is 0.390. The highest BCUT2D eigenvalue weighted by Crippen LogP contribution is 2.36. The second kappa shape index (κ2) is 9.13. The number of hydrogen-bond donors (Lipinski definition) is 0. The van der Waals surface area contributed by atoms with Crippen molar-refractivity contribution in [3.8, 4) is 28.8 Å². The number of thiazole rings is 1. The maximum absolute atomic E-state index is 13.0. The summed E-state index contributed by atoms with van der Waals surface area (Å²) < 4.78 is 44.2. The van der Waals surface area contributed by atoms with Gasteiger partial charge < -0.3 is 13.9 Å². The quantitative estimate of drug-likeness (QED) is 0.363. The molecule has 4 rings (SSSR count). The van der Waals surface area contributed by atoms with E-state index in [1.807, 2.05) is 12.3 Å². The van der Waals surface area contributed by atoms with Crippen molar-refractivity contribution in [2.45, 2.75) is 19.1 Å². The van der Waals surface area contributed by atoms with Crippen LogP contribution in [0.15, 0.2) is 46.4 Å². The van der Waals surface area contributed by atoms with E-state index in [1.54, 1.807) is 34.9 Å². The van der Waals surface area contributed by atoms with Gasteiger partial charge in [-0.1, -0.05) is 6.07 Å². The fourth-order valence-corrected chi connectivity index (χ4v) is 5.43. The average Bonchev–Trinajstić information content (AvgIpc) is 3.52. The van der Waals surface area contributed by atoms with Crippen molar-refractivity contribution < 1.29 is 22.3 Å². The number of methoxy groups -OCH3 is 2. The minimum Gasteiger partial charge on any atom is -0.494 e. The van der Waals surface area contributed by atoms with E-state index >= 15 is 0 Å². The number of hydrogen-bond acceptors (Lipinski definition) is 9. The zero-order valence-corrected chi connectivity index (χ0v) is 19.4. The maximum atomic E-state index is 13.0. The van der Waals surface area contributed by atoms with E-state index in [4.69, 9.17) is 13.9 Å². The van der Waals surface area contributed by atoms with Gasteiger partial charge in [0.25, 0.3) is 0 Å². The number of aromatic nitrogens is 4. The van der Waals surface area contributed by atoms with Crippen molar-refractivity contribution in [3.05, 3.63) is 58.5 Å². The lowest BCUT2D eigenvalue weighted by Gasteiger charge is -2.16. The Morgan fingerprint density at radius 2 is 1.84 bits per heavy atom. The molecule has 0 saturated carbocycles. The first-order chi connectivity index (χ1) is 15.4. The van der Waals surface area contributed by atoms with Gasteiger partial charge in [-0.05, 0) is 31.2 Å². The zero-order chi connectivity index (χ0) is 22.7. The van der Waals surface area contributed by atoms with Gasteiger partial charge in [-0.15, -0.1) is 21.5 Å². The molecular formula is C21H22N4O5S2. The predicted molar refractivity (Wildman–Crippen MR) is 120 cm³/mol. The van der Waals surface area contributed by atoms with Gasteiger partial charge in [0.1, 0.15) is 22.9 Å². The van der Waals surface area contributed by atoms with Crippen molar-refractivity contribution in [2.24, 2.45) is 0 Å². The van der Waals surface area contributed by atoms with E-state index in [2.05, 4.69) is 15.2 Å². The van der Waals surface area contributed by atoms with Crippen LogP contribution < -0.4 is 9.47 Å². The van der Waals surface area contributed by atoms with Crippen LogP contribution in [-0.2, 0) is 22.0 Å². The highest BCUT2D eigenvalue weighted by atomic mass is 32.2.